The van der Waals surface area contributed by atoms with E-state index in [0.29, 0.717) is 39.4 Å². The maximum absolute atomic E-state index is 13.3. The number of thiophene rings is 1. The first kappa shape index (κ1) is 29.3. The molecule has 218 valence electrons. The summed E-state index contributed by atoms with van der Waals surface area (Å²) in [5.41, 5.74) is 3.15. The number of carbonyl (C=O) groups is 3. The Labute approximate surface area is 252 Å². The van der Waals surface area contributed by atoms with Gasteiger partial charge in [-0.2, -0.15) is 0 Å². The summed E-state index contributed by atoms with van der Waals surface area (Å²) in [5.74, 6) is 0.688. The predicted molar refractivity (Wildman–Crippen MR) is 163 cm³/mol. The summed E-state index contributed by atoms with van der Waals surface area (Å²) in [7, 11) is 3.36. The van der Waals surface area contributed by atoms with Gasteiger partial charge in [-0.05, 0) is 61.1 Å². The Hall–Kier alpha value is -4.16. The number of benzene rings is 2. The van der Waals surface area contributed by atoms with Crippen LogP contribution in [-0.2, 0) is 37.8 Å². The van der Waals surface area contributed by atoms with Crippen LogP contribution < -0.4 is 20.7 Å². The van der Waals surface area contributed by atoms with E-state index in [1.54, 1.807) is 43.0 Å². The fourth-order valence-corrected chi connectivity index (χ4v) is 6.71. The average Bonchev–Trinajstić information content (AvgIpc) is 3.57. The molecule has 12 heteroatoms. The van der Waals surface area contributed by atoms with Gasteiger partial charge in [0.2, 0.25) is 5.91 Å². The Morgan fingerprint density at radius 1 is 0.952 bits per heavy atom. The Morgan fingerprint density at radius 2 is 1.69 bits per heavy atom. The molecule has 0 aliphatic heterocycles. The van der Waals surface area contributed by atoms with E-state index in [1.165, 1.54) is 28.0 Å². The Kier molecular flexibility index (Phi) is 9.55. The van der Waals surface area contributed by atoms with Crippen molar-refractivity contribution in [3.8, 4) is 5.75 Å². The van der Waals surface area contributed by atoms with E-state index in [9.17, 15) is 14.4 Å². The van der Waals surface area contributed by atoms with Gasteiger partial charge in [-0.25, -0.2) is 0 Å². The third-order valence-electron chi connectivity index (χ3n) is 6.96. The van der Waals surface area contributed by atoms with Crippen molar-refractivity contribution in [2.24, 2.45) is 7.05 Å². The summed E-state index contributed by atoms with van der Waals surface area (Å²) < 4.78 is 6.88. The summed E-state index contributed by atoms with van der Waals surface area (Å²) in [6.45, 7) is 0.603. The molecule has 0 saturated carbocycles. The molecule has 1 aliphatic rings. The normalized spacial score (nSPS) is 12.3. The average molecular weight is 605 g/mol. The summed E-state index contributed by atoms with van der Waals surface area (Å²) in [5, 5.41) is 18.3. The number of methoxy groups -OCH3 is 1. The molecule has 2 aromatic heterocycles. The van der Waals surface area contributed by atoms with Gasteiger partial charge in [0.1, 0.15) is 10.8 Å². The van der Waals surface area contributed by atoms with E-state index in [4.69, 9.17) is 4.74 Å². The molecule has 0 saturated heterocycles. The molecule has 4 aromatic rings. The van der Waals surface area contributed by atoms with E-state index in [2.05, 4.69) is 26.1 Å². The van der Waals surface area contributed by atoms with Crippen LogP contribution in [0.2, 0.25) is 0 Å². The van der Waals surface area contributed by atoms with E-state index < -0.39 is 0 Å². The fourth-order valence-electron chi connectivity index (χ4n) is 4.68. The van der Waals surface area contributed by atoms with E-state index in [-0.39, 0.29) is 30.0 Å². The lowest BCUT2D eigenvalue weighted by atomic mass is 9.95. The van der Waals surface area contributed by atoms with Gasteiger partial charge < -0.3 is 25.3 Å². The molecule has 3 amide bonds. The summed E-state index contributed by atoms with van der Waals surface area (Å²) >= 11 is 2.74. The minimum absolute atomic E-state index is 0.0951. The maximum Gasteiger partial charge on any atom is 0.254 e. The standard InChI is InChI=1S/C30H32N6O4S2/c1-36-24(17-32-27(38)20-12-14-21(40-2)15-13-20)34-35-30(36)41-18-25(37)33-29-26(22-10-6-7-11-23(22)42-29)28(39)31-16-19-8-4-3-5-9-19/h3-5,8-9,12-15H,6-7,10-11,16-18H2,1-2H3,(H,31,39)(H,32,38)(H,33,37). The van der Waals surface area contributed by atoms with Crippen LogP contribution in [0, 0.1) is 0 Å². The van der Waals surface area contributed by atoms with E-state index >= 15 is 0 Å². The van der Waals surface area contributed by atoms with Crippen LogP contribution in [-0.4, -0.2) is 45.3 Å². The van der Waals surface area contributed by atoms with Crippen LogP contribution in [0.4, 0.5) is 5.00 Å². The van der Waals surface area contributed by atoms with Gasteiger partial charge in [0.05, 0.1) is 25.0 Å². The topological polar surface area (TPSA) is 127 Å². The number of carbonyl (C=O) groups excluding carboxylic acids is 3. The molecule has 0 unspecified atom stereocenters. The number of fused-ring (bicyclic) bond motifs is 1. The third kappa shape index (κ3) is 7.00. The largest absolute Gasteiger partial charge is 0.497 e. The number of hydrogen-bond acceptors (Lipinski definition) is 8. The molecule has 5 rings (SSSR count). The SMILES string of the molecule is COc1ccc(C(=O)NCc2nnc(SCC(=O)Nc3sc4c(c3C(=O)NCc3ccccc3)CCCC4)n2C)cc1. The first-order chi connectivity index (χ1) is 20.4. The highest BCUT2D eigenvalue weighted by molar-refractivity contribution is 7.99. The molecule has 0 radical (unpaired) electrons. The zero-order valence-electron chi connectivity index (χ0n) is 23.4. The van der Waals surface area contributed by atoms with Crippen LogP contribution in [0.5, 0.6) is 5.75 Å². The molecule has 0 atom stereocenters. The highest BCUT2D eigenvalue weighted by Gasteiger charge is 2.26. The van der Waals surface area contributed by atoms with Gasteiger partial charge >= 0.3 is 0 Å². The van der Waals surface area contributed by atoms with Gasteiger partial charge in [-0.1, -0.05) is 42.1 Å². The Morgan fingerprint density at radius 3 is 2.45 bits per heavy atom. The number of nitrogens with one attached hydrogen (secondary N) is 3. The Balaban J connectivity index is 1.18. The molecule has 2 aromatic carbocycles. The summed E-state index contributed by atoms with van der Waals surface area (Å²) in [6.07, 6.45) is 3.86. The number of ether oxygens (including phenoxy) is 1. The van der Waals surface area contributed by atoms with Crippen LogP contribution in [0.15, 0.2) is 59.8 Å². The van der Waals surface area contributed by atoms with Crippen molar-refractivity contribution in [2.45, 2.75) is 43.9 Å². The van der Waals surface area contributed by atoms with Crippen molar-refractivity contribution in [1.82, 2.24) is 25.4 Å². The van der Waals surface area contributed by atoms with Crippen LogP contribution in [0.3, 0.4) is 0 Å². The van der Waals surface area contributed by atoms with Crippen LogP contribution in [0.25, 0.3) is 0 Å². The second kappa shape index (κ2) is 13.7. The smallest absolute Gasteiger partial charge is 0.254 e. The van der Waals surface area contributed by atoms with Crippen molar-refractivity contribution in [3.05, 3.63) is 87.6 Å². The Bertz CT molecular complexity index is 1570. The fraction of sp³-hybridized carbons (Fsp3) is 0.300. The first-order valence-corrected chi connectivity index (χ1v) is 15.4. The molecule has 0 bridgehead atoms. The van der Waals surface area contributed by atoms with Crippen molar-refractivity contribution >= 4 is 45.8 Å². The molecule has 0 fully saturated rings. The zero-order chi connectivity index (χ0) is 29.5. The van der Waals surface area contributed by atoms with Gasteiger partial charge in [0, 0.05) is 24.0 Å². The minimum atomic E-state index is -0.239. The maximum atomic E-state index is 13.3. The molecule has 42 heavy (non-hydrogen) atoms. The molecular weight excluding hydrogens is 573 g/mol. The van der Waals surface area contributed by atoms with Crippen molar-refractivity contribution in [1.29, 1.82) is 0 Å². The minimum Gasteiger partial charge on any atom is -0.497 e. The van der Waals surface area contributed by atoms with Gasteiger partial charge in [0.25, 0.3) is 11.8 Å². The first-order valence-electron chi connectivity index (χ1n) is 13.6. The van der Waals surface area contributed by atoms with Gasteiger partial charge in [-0.15, -0.1) is 21.5 Å². The lowest BCUT2D eigenvalue weighted by Gasteiger charge is -2.13. The molecule has 3 N–H and O–H groups in total. The number of anilines is 1. The second-order valence-electron chi connectivity index (χ2n) is 9.79. The number of aryl methyl sites for hydroxylation is 1. The molecular formula is C30H32N6O4S2. The summed E-state index contributed by atoms with van der Waals surface area (Å²) in [6, 6.07) is 16.6. The van der Waals surface area contributed by atoms with E-state index in [0.717, 1.165) is 36.8 Å². The lowest BCUT2D eigenvalue weighted by molar-refractivity contribution is -0.113. The van der Waals surface area contributed by atoms with Crippen molar-refractivity contribution in [3.63, 3.8) is 0 Å². The van der Waals surface area contributed by atoms with Crippen LogP contribution >= 0.6 is 23.1 Å². The quantitative estimate of drug-likeness (QED) is 0.217. The number of rotatable bonds is 11. The molecule has 10 nitrogen and oxygen atoms in total. The third-order valence-corrected chi connectivity index (χ3v) is 9.19. The lowest BCUT2D eigenvalue weighted by Crippen LogP contribution is -2.25. The number of thioether (sulfide) groups is 1. The predicted octanol–water partition coefficient (Wildman–Crippen LogP) is 4.35. The van der Waals surface area contributed by atoms with Gasteiger partial charge in [-0.3, -0.25) is 14.4 Å². The zero-order valence-corrected chi connectivity index (χ0v) is 25.1. The van der Waals surface area contributed by atoms with Crippen LogP contribution in [0.1, 0.15) is 55.4 Å². The highest BCUT2D eigenvalue weighted by Crippen LogP contribution is 2.38. The highest BCUT2D eigenvalue weighted by atomic mass is 32.2. The van der Waals surface area contributed by atoms with Gasteiger partial charge in [0.15, 0.2) is 11.0 Å². The summed E-state index contributed by atoms with van der Waals surface area (Å²) in [4.78, 5) is 40.0. The van der Waals surface area contributed by atoms with Crippen molar-refractivity contribution in [2.75, 3.05) is 18.2 Å². The number of amides is 3. The molecule has 1 aliphatic carbocycles. The number of nitrogens with zero attached hydrogens (tertiary/aromatic N) is 3. The number of aromatic nitrogens is 3. The van der Waals surface area contributed by atoms with E-state index in [1.807, 2.05) is 30.3 Å². The van der Waals surface area contributed by atoms with Crippen molar-refractivity contribution < 1.29 is 19.1 Å². The number of hydrogen-bond donors (Lipinski definition) is 3. The monoisotopic (exact) mass is 604 g/mol. The molecule has 0 spiro atoms. The second-order valence-corrected chi connectivity index (χ2v) is 11.8. The molecule has 2 heterocycles.